The Labute approximate surface area is 312 Å². The third kappa shape index (κ3) is 5.98. The fourth-order valence-corrected chi connectivity index (χ4v) is 25.1. The van der Waals surface area contributed by atoms with Gasteiger partial charge in [0.15, 0.2) is 0 Å². The van der Waals surface area contributed by atoms with Crippen LogP contribution in [0.25, 0.3) is 34.4 Å². The summed E-state index contributed by atoms with van der Waals surface area (Å²) in [6, 6.07) is 33.8. The Morgan fingerprint density at radius 1 is 0.531 bits per heavy atom. The molecule has 1 saturated heterocycles. The summed E-state index contributed by atoms with van der Waals surface area (Å²) in [7, 11) is 0. The van der Waals surface area contributed by atoms with E-state index in [1.165, 1.54) is 84.7 Å². The maximum absolute atomic E-state index is 2.69. The molecule has 3 heteroatoms. The third-order valence-electron chi connectivity index (χ3n) is 12.7. The van der Waals surface area contributed by atoms with Gasteiger partial charge in [-0.1, -0.05) is 0 Å². The van der Waals surface area contributed by atoms with E-state index in [4.69, 9.17) is 0 Å². The summed E-state index contributed by atoms with van der Waals surface area (Å²) in [4.78, 5) is 0. The molecule has 1 aliphatic heterocycles. The van der Waals surface area contributed by atoms with Crippen LogP contribution in [0.3, 0.4) is 0 Å². The topological polar surface area (TPSA) is 0 Å². The van der Waals surface area contributed by atoms with Crippen LogP contribution in [0.1, 0.15) is 121 Å². The Morgan fingerprint density at radius 2 is 0.939 bits per heavy atom. The summed E-state index contributed by atoms with van der Waals surface area (Å²) in [5.41, 5.74) is 18.6. The molecule has 4 aliphatic rings. The molecule has 0 amide bonds. The van der Waals surface area contributed by atoms with E-state index < -0.39 is 16.6 Å². The van der Waals surface area contributed by atoms with Crippen LogP contribution in [0.4, 0.5) is 0 Å². The van der Waals surface area contributed by atoms with E-state index >= 15 is 0 Å². The molecule has 4 atom stereocenters. The van der Waals surface area contributed by atoms with Crippen LogP contribution < -0.4 is 24.8 Å². The quantitative estimate of drug-likeness (QED) is 0.148. The van der Waals surface area contributed by atoms with E-state index in [0.29, 0.717) is 8.45 Å². The van der Waals surface area contributed by atoms with E-state index in [0.717, 1.165) is 21.3 Å². The minimum atomic E-state index is -2.63. The summed E-state index contributed by atoms with van der Waals surface area (Å²) >= 11 is -2.63. The standard InChI is InChI=1S/2C20H21.C6H10.2ClH.Ti/c2*1-3-6-16-9-11-17(12-10-16)19-8-5-7-18-13-15(4-2)14-20(18)19;1-2-4-6-5-3-1;;;/h2*5,7-14H,3-4,6H2,1-2H3;1-2H,3-6H2;2*1H;/q;;;;;+2/p-2. The molecule has 4 unspecified atom stereocenters. The van der Waals surface area contributed by atoms with Crippen LogP contribution in [-0.2, 0) is 29.4 Å². The largest absolute Gasteiger partial charge is 1.00 e. The van der Waals surface area contributed by atoms with Gasteiger partial charge < -0.3 is 24.8 Å². The Balaban J connectivity index is 0.00000208. The molecule has 1 saturated carbocycles. The Bertz CT molecular complexity index is 1710. The van der Waals surface area contributed by atoms with E-state index in [1.807, 2.05) is 0 Å². The first-order valence-electron chi connectivity index (χ1n) is 19.0. The number of allylic oxidation sites excluding steroid dienone is 2. The van der Waals surface area contributed by atoms with E-state index in [-0.39, 0.29) is 24.8 Å². The van der Waals surface area contributed by atoms with Crippen molar-refractivity contribution in [1.29, 1.82) is 0 Å². The molecule has 0 nitrogen and oxygen atoms in total. The van der Waals surface area contributed by atoms with Crippen molar-refractivity contribution in [1.82, 2.24) is 0 Å². The summed E-state index contributed by atoms with van der Waals surface area (Å²) in [6.07, 6.45) is 18.3. The van der Waals surface area contributed by atoms with Crippen molar-refractivity contribution in [2.45, 2.75) is 109 Å². The average Bonchev–Trinajstić information content (AvgIpc) is 3.39. The zero-order valence-electron chi connectivity index (χ0n) is 29.9. The summed E-state index contributed by atoms with van der Waals surface area (Å²) in [6.45, 7) is 9.45. The van der Waals surface area contributed by atoms with Gasteiger partial charge in [0, 0.05) is 0 Å². The van der Waals surface area contributed by atoms with E-state index in [9.17, 15) is 0 Å². The molecule has 1 heterocycles. The number of aryl methyl sites for hydroxylation is 2. The second-order valence-electron chi connectivity index (χ2n) is 15.0. The number of hydrogen-bond donors (Lipinski definition) is 0. The smallest absolute Gasteiger partial charge is 1.00 e. The van der Waals surface area contributed by atoms with Crippen molar-refractivity contribution in [3.63, 3.8) is 0 Å². The molecular formula is C46H52Cl2Ti. The van der Waals surface area contributed by atoms with Gasteiger partial charge in [-0.25, -0.2) is 0 Å². The molecule has 4 aromatic carbocycles. The van der Waals surface area contributed by atoms with Gasteiger partial charge in [-0.2, -0.15) is 0 Å². The summed E-state index contributed by atoms with van der Waals surface area (Å²) < 4.78 is 3.36. The second-order valence-corrected chi connectivity index (χ2v) is 22.3. The van der Waals surface area contributed by atoms with Gasteiger partial charge in [0.2, 0.25) is 0 Å². The van der Waals surface area contributed by atoms with Gasteiger partial charge in [-0.05, 0) is 0 Å². The normalized spacial score (nSPS) is 23.2. The Hall–Kier alpha value is -2.35. The number of benzene rings is 4. The zero-order chi connectivity index (χ0) is 32.1. The van der Waals surface area contributed by atoms with Crippen molar-refractivity contribution in [2.75, 3.05) is 0 Å². The SMILES string of the molecule is CCCc1ccc(-c2cccc3c2C=C(CC)[CH]3[Ti+2]2([CH]3C(CC)=Cc4c(-c5ccc(CCC)cc5)cccc43)[CH]3CCCC[CH]32)cc1.[Cl-].[Cl-]. The molecule has 254 valence electrons. The first-order chi connectivity index (χ1) is 23.1. The van der Waals surface area contributed by atoms with Crippen molar-refractivity contribution in [2.24, 2.45) is 0 Å². The molecule has 0 radical (unpaired) electrons. The van der Waals surface area contributed by atoms with Gasteiger partial charge in [-0.15, -0.1) is 0 Å². The predicted molar refractivity (Wildman–Crippen MR) is 200 cm³/mol. The molecular weight excluding hydrogens is 671 g/mol. The molecule has 2 fully saturated rings. The summed E-state index contributed by atoms with van der Waals surface area (Å²) in [5.74, 6) is 0. The molecule has 4 aromatic rings. The van der Waals surface area contributed by atoms with Crippen LogP contribution in [0, 0.1) is 0 Å². The zero-order valence-corrected chi connectivity index (χ0v) is 32.9. The fraction of sp³-hybridized carbons (Fsp3) is 0.391. The summed E-state index contributed by atoms with van der Waals surface area (Å²) in [5, 5.41) is 0. The van der Waals surface area contributed by atoms with Crippen LogP contribution in [0.15, 0.2) is 96.1 Å². The first-order valence-corrected chi connectivity index (χ1v) is 22.6. The molecule has 0 aromatic heterocycles. The second kappa shape index (κ2) is 15.1. The number of rotatable bonds is 10. The first kappa shape index (κ1) is 36.4. The monoisotopic (exact) mass is 722 g/mol. The van der Waals surface area contributed by atoms with Crippen LogP contribution in [-0.4, -0.2) is 0 Å². The number of hydrogen-bond acceptors (Lipinski definition) is 0. The molecule has 8 rings (SSSR count). The van der Waals surface area contributed by atoms with Crippen LogP contribution in [0.2, 0.25) is 8.45 Å². The van der Waals surface area contributed by atoms with Gasteiger partial charge in [-0.3, -0.25) is 0 Å². The van der Waals surface area contributed by atoms with Gasteiger partial charge >= 0.3 is 289 Å². The van der Waals surface area contributed by atoms with Crippen LogP contribution >= 0.6 is 0 Å². The maximum Gasteiger partial charge on any atom is -1.00 e. The average molecular weight is 724 g/mol. The molecule has 49 heavy (non-hydrogen) atoms. The maximum atomic E-state index is 2.69. The van der Waals surface area contributed by atoms with Gasteiger partial charge in [0.1, 0.15) is 0 Å². The minimum absolute atomic E-state index is 0. The fourth-order valence-electron chi connectivity index (χ4n) is 10.7. The number of fused-ring (bicyclic) bond motifs is 3. The molecule has 0 N–H and O–H groups in total. The third-order valence-corrected chi connectivity index (χ3v) is 23.5. The molecule has 0 bridgehead atoms. The Morgan fingerprint density at radius 3 is 1.31 bits per heavy atom. The van der Waals surface area contributed by atoms with Crippen molar-refractivity contribution < 1.29 is 41.4 Å². The van der Waals surface area contributed by atoms with E-state index in [1.54, 1.807) is 33.4 Å². The predicted octanol–water partition coefficient (Wildman–Crippen LogP) is 7.65. The Kier molecular flexibility index (Phi) is 11.2. The van der Waals surface area contributed by atoms with Gasteiger partial charge in [0.05, 0.1) is 0 Å². The van der Waals surface area contributed by atoms with Crippen molar-refractivity contribution in [3.05, 3.63) is 129 Å². The molecule has 0 spiro atoms. The number of halogens is 2. The van der Waals surface area contributed by atoms with Gasteiger partial charge in [0.25, 0.3) is 0 Å². The van der Waals surface area contributed by atoms with Crippen molar-refractivity contribution >= 4 is 12.2 Å². The van der Waals surface area contributed by atoms with Crippen LogP contribution in [0.5, 0.6) is 0 Å². The van der Waals surface area contributed by atoms with Crippen molar-refractivity contribution in [3.8, 4) is 22.3 Å². The van der Waals surface area contributed by atoms with E-state index in [2.05, 4.69) is 125 Å². The molecule has 3 aliphatic carbocycles. The minimum Gasteiger partial charge on any atom is -1.00 e.